The molecule has 1 aromatic heterocycles. The van der Waals surface area contributed by atoms with Crippen molar-refractivity contribution in [1.29, 1.82) is 0 Å². The first-order valence-electron chi connectivity index (χ1n) is 6.45. The van der Waals surface area contributed by atoms with Gasteiger partial charge in [0.2, 0.25) is 0 Å². The van der Waals surface area contributed by atoms with Crippen molar-refractivity contribution >= 4 is 11.8 Å². The predicted molar refractivity (Wildman–Crippen MR) is 82.8 cm³/mol. The van der Waals surface area contributed by atoms with Crippen molar-refractivity contribution in [2.75, 3.05) is 0 Å². The van der Waals surface area contributed by atoms with Crippen molar-refractivity contribution < 1.29 is 0 Å². The van der Waals surface area contributed by atoms with Gasteiger partial charge in [0.15, 0.2) is 0 Å². The molecule has 98 valence electrons. The molecule has 0 fully saturated rings. The zero-order chi connectivity index (χ0) is 13.8. The van der Waals surface area contributed by atoms with E-state index in [1.807, 2.05) is 49.4 Å². The summed E-state index contributed by atoms with van der Waals surface area (Å²) >= 11 is 1.66. The number of aromatic nitrogens is 2. The van der Waals surface area contributed by atoms with E-state index in [1.54, 1.807) is 11.8 Å². The Morgan fingerprint density at radius 1 is 0.800 bits per heavy atom. The molecule has 0 saturated heterocycles. The van der Waals surface area contributed by atoms with Gasteiger partial charge in [0.1, 0.15) is 10.9 Å². The van der Waals surface area contributed by atoms with Crippen LogP contribution in [0.4, 0.5) is 0 Å². The van der Waals surface area contributed by atoms with Crippen LogP contribution in [-0.2, 0) is 0 Å². The highest BCUT2D eigenvalue weighted by molar-refractivity contribution is 7.99. The minimum absolute atomic E-state index is 0.796. The van der Waals surface area contributed by atoms with Gasteiger partial charge in [-0.05, 0) is 25.1 Å². The summed E-state index contributed by atoms with van der Waals surface area (Å²) in [6.45, 7) is 1.93. The van der Waals surface area contributed by atoms with Crippen molar-refractivity contribution in [3.05, 3.63) is 72.6 Å². The van der Waals surface area contributed by atoms with Crippen molar-refractivity contribution in [3.8, 4) is 11.3 Å². The maximum absolute atomic E-state index is 4.52. The van der Waals surface area contributed by atoms with Crippen molar-refractivity contribution in [2.24, 2.45) is 0 Å². The van der Waals surface area contributed by atoms with Crippen molar-refractivity contribution in [1.82, 2.24) is 9.97 Å². The first-order chi connectivity index (χ1) is 9.81. The number of nitrogens with zero attached hydrogens (tertiary/aromatic N) is 2. The van der Waals surface area contributed by atoms with E-state index in [1.165, 1.54) is 4.90 Å². The summed E-state index contributed by atoms with van der Waals surface area (Å²) in [4.78, 5) is 10.2. The van der Waals surface area contributed by atoms with Crippen LogP contribution >= 0.6 is 11.8 Å². The predicted octanol–water partition coefficient (Wildman–Crippen LogP) is 4.60. The van der Waals surface area contributed by atoms with Gasteiger partial charge in [0.25, 0.3) is 0 Å². The summed E-state index contributed by atoms with van der Waals surface area (Å²) in [5.41, 5.74) is 2.09. The molecule has 0 aliphatic heterocycles. The van der Waals surface area contributed by atoms with Gasteiger partial charge >= 0.3 is 0 Å². The lowest BCUT2D eigenvalue weighted by Crippen LogP contribution is -1.93. The van der Waals surface area contributed by atoms with Gasteiger partial charge in [-0.15, -0.1) is 0 Å². The van der Waals surface area contributed by atoms with Crippen molar-refractivity contribution in [2.45, 2.75) is 16.8 Å². The van der Waals surface area contributed by atoms with E-state index in [-0.39, 0.29) is 0 Å². The molecule has 0 spiro atoms. The third-order valence-corrected chi connectivity index (χ3v) is 3.78. The Bertz CT molecular complexity index is 697. The fourth-order valence-corrected chi connectivity index (χ4v) is 2.84. The van der Waals surface area contributed by atoms with E-state index in [2.05, 4.69) is 34.2 Å². The van der Waals surface area contributed by atoms with Gasteiger partial charge in [-0.2, -0.15) is 0 Å². The van der Waals surface area contributed by atoms with Crippen LogP contribution in [0.25, 0.3) is 11.3 Å². The molecule has 0 unspecified atom stereocenters. The molecule has 0 amide bonds. The number of hydrogen-bond donors (Lipinski definition) is 0. The molecule has 3 aromatic rings. The van der Waals surface area contributed by atoms with Gasteiger partial charge < -0.3 is 0 Å². The highest BCUT2D eigenvalue weighted by Crippen LogP contribution is 2.28. The normalized spacial score (nSPS) is 10.4. The minimum atomic E-state index is 0.796. The molecule has 3 rings (SSSR count). The van der Waals surface area contributed by atoms with Gasteiger partial charge in [-0.3, -0.25) is 0 Å². The summed E-state index contributed by atoms with van der Waals surface area (Å²) in [7, 11) is 0. The standard InChI is InChI=1S/C17H14N2S/c1-13-18-16(14-8-4-2-5-9-14)12-17(19-13)20-15-10-6-3-7-11-15/h2-12H,1H3. The van der Waals surface area contributed by atoms with Gasteiger partial charge in [0, 0.05) is 10.5 Å². The molecule has 0 saturated carbocycles. The largest absolute Gasteiger partial charge is 0.233 e. The zero-order valence-corrected chi connectivity index (χ0v) is 12.0. The lowest BCUT2D eigenvalue weighted by molar-refractivity contribution is 0.972. The topological polar surface area (TPSA) is 25.8 Å². The molecule has 2 aromatic carbocycles. The van der Waals surface area contributed by atoms with Crippen LogP contribution in [-0.4, -0.2) is 9.97 Å². The van der Waals surface area contributed by atoms with Crippen LogP contribution in [0.5, 0.6) is 0 Å². The average Bonchev–Trinajstić information content (AvgIpc) is 2.49. The first-order valence-corrected chi connectivity index (χ1v) is 7.27. The van der Waals surface area contributed by atoms with E-state index in [4.69, 9.17) is 0 Å². The van der Waals surface area contributed by atoms with Crippen molar-refractivity contribution in [3.63, 3.8) is 0 Å². The second-order valence-electron chi connectivity index (χ2n) is 4.42. The molecular weight excluding hydrogens is 264 g/mol. The third kappa shape index (κ3) is 3.06. The van der Waals surface area contributed by atoms with Crippen LogP contribution in [0, 0.1) is 6.92 Å². The fourth-order valence-electron chi connectivity index (χ4n) is 1.96. The number of aryl methyl sites for hydroxylation is 1. The molecule has 0 atom stereocenters. The SMILES string of the molecule is Cc1nc(Sc2ccccc2)cc(-c2ccccc2)n1. The van der Waals surface area contributed by atoms with Gasteiger partial charge in [-0.25, -0.2) is 9.97 Å². The second kappa shape index (κ2) is 5.88. The first kappa shape index (κ1) is 12.9. The number of rotatable bonds is 3. The number of benzene rings is 2. The fraction of sp³-hybridized carbons (Fsp3) is 0.0588. The quantitative estimate of drug-likeness (QED) is 0.655. The Morgan fingerprint density at radius 2 is 1.45 bits per heavy atom. The van der Waals surface area contributed by atoms with Gasteiger partial charge in [0.05, 0.1) is 5.69 Å². The third-order valence-electron chi connectivity index (χ3n) is 2.85. The Labute approximate surface area is 122 Å². The Kier molecular flexibility index (Phi) is 3.79. The molecular formula is C17H14N2S. The Balaban J connectivity index is 1.95. The highest BCUT2D eigenvalue weighted by Gasteiger charge is 2.05. The maximum atomic E-state index is 4.52. The molecule has 1 heterocycles. The smallest absolute Gasteiger partial charge is 0.127 e. The van der Waals surface area contributed by atoms with Crippen LogP contribution in [0.2, 0.25) is 0 Å². The lowest BCUT2D eigenvalue weighted by Gasteiger charge is -2.06. The molecule has 2 nitrogen and oxygen atoms in total. The van der Waals surface area contributed by atoms with E-state index in [0.29, 0.717) is 0 Å². The van der Waals surface area contributed by atoms with Crippen LogP contribution < -0.4 is 0 Å². The Morgan fingerprint density at radius 3 is 2.15 bits per heavy atom. The summed E-state index contributed by atoms with van der Waals surface area (Å²) in [5, 5.41) is 0.975. The summed E-state index contributed by atoms with van der Waals surface area (Å²) in [6, 6.07) is 22.5. The van der Waals surface area contributed by atoms with E-state index < -0.39 is 0 Å². The summed E-state index contributed by atoms with van der Waals surface area (Å²) < 4.78 is 0. The summed E-state index contributed by atoms with van der Waals surface area (Å²) in [6.07, 6.45) is 0. The average molecular weight is 278 g/mol. The Hall–Kier alpha value is -2.13. The maximum Gasteiger partial charge on any atom is 0.127 e. The second-order valence-corrected chi connectivity index (χ2v) is 5.51. The molecule has 0 radical (unpaired) electrons. The molecule has 0 aliphatic rings. The zero-order valence-electron chi connectivity index (χ0n) is 11.2. The van der Waals surface area contributed by atoms with Crippen LogP contribution in [0.15, 0.2) is 76.7 Å². The van der Waals surface area contributed by atoms with E-state index >= 15 is 0 Å². The van der Waals surface area contributed by atoms with E-state index in [9.17, 15) is 0 Å². The summed E-state index contributed by atoms with van der Waals surface area (Å²) in [5.74, 6) is 0.796. The minimum Gasteiger partial charge on any atom is -0.233 e. The molecule has 0 N–H and O–H groups in total. The molecule has 0 aliphatic carbocycles. The monoisotopic (exact) mass is 278 g/mol. The number of hydrogen-bond acceptors (Lipinski definition) is 3. The molecule has 0 bridgehead atoms. The van der Waals surface area contributed by atoms with E-state index in [0.717, 1.165) is 22.1 Å². The van der Waals surface area contributed by atoms with Crippen LogP contribution in [0.3, 0.4) is 0 Å². The lowest BCUT2D eigenvalue weighted by atomic mass is 10.1. The molecule has 20 heavy (non-hydrogen) atoms. The highest BCUT2D eigenvalue weighted by atomic mass is 32.2. The van der Waals surface area contributed by atoms with Crippen LogP contribution in [0.1, 0.15) is 5.82 Å². The molecule has 3 heteroatoms. The van der Waals surface area contributed by atoms with Gasteiger partial charge in [-0.1, -0.05) is 60.3 Å².